The SMILES string of the molecule is CCCCOc1c(Cl)cc(C(C)(C)c2ccc(NC(=O)C(=O)C(F)(F)F)cc2)cc1Cl. The van der Waals surface area contributed by atoms with Crippen LogP contribution in [0, 0.1) is 0 Å². The summed E-state index contributed by atoms with van der Waals surface area (Å²) in [5.74, 6) is -3.78. The lowest BCUT2D eigenvalue weighted by molar-refractivity contribution is -0.173. The number of anilines is 1. The van der Waals surface area contributed by atoms with E-state index >= 15 is 0 Å². The molecule has 0 aromatic heterocycles. The zero-order valence-electron chi connectivity index (χ0n) is 17.2. The molecule has 0 spiro atoms. The average molecular weight is 476 g/mol. The quantitative estimate of drug-likeness (QED) is 0.347. The number of ketones is 1. The molecule has 4 nitrogen and oxygen atoms in total. The lowest BCUT2D eigenvalue weighted by Gasteiger charge is -2.27. The fourth-order valence-corrected chi connectivity index (χ4v) is 3.43. The summed E-state index contributed by atoms with van der Waals surface area (Å²) in [7, 11) is 0. The van der Waals surface area contributed by atoms with Crippen molar-refractivity contribution in [1.29, 1.82) is 0 Å². The van der Waals surface area contributed by atoms with Gasteiger partial charge in [-0.05, 0) is 41.8 Å². The molecule has 0 saturated heterocycles. The predicted molar refractivity (Wildman–Crippen MR) is 115 cm³/mol. The predicted octanol–water partition coefficient (Wildman–Crippen LogP) is 6.57. The van der Waals surface area contributed by atoms with E-state index in [4.69, 9.17) is 27.9 Å². The second-order valence-electron chi connectivity index (χ2n) is 7.45. The molecule has 1 amide bonds. The lowest BCUT2D eigenvalue weighted by Crippen LogP contribution is -2.35. The number of hydrogen-bond donors (Lipinski definition) is 1. The minimum atomic E-state index is -5.23. The van der Waals surface area contributed by atoms with Crippen molar-refractivity contribution in [3.63, 3.8) is 0 Å². The van der Waals surface area contributed by atoms with Gasteiger partial charge < -0.3 is 10.1 Å². The summed E-state index contributed by atoms with van der Waals surface area (Å²) in [4.78, 5) is 22.4. The van der Waals surface area contributed by atoms with E-state index in [1.54, 1.807) is 24.3 Å². The molecule has 0 atom stereocenters. The van der Waals surface area contributed by atoms with Crippen LogP contribution in [0.2, 0.25) is 10.0 Å². The summed E-state index contributed by atoms with van der Waals surface area (Å²) < 4.78 is 42.7. The fourth-order valence-electron chi connectivity index (χ4n) is 2.83. The Bertz CT molecular complexity index is 934. The van der Waals surface area contributed by atoms with Crippen LogP contribution in [0.3, 0.4) is 0 Å². The number of halogens is 5. The lowest BCUT2D eigenvalue weighted by atomic mass is 9.78. The number of unbranched alkanes of at least 4 members (excludes halogenated alkanes) is 1. The maximum Gasteiger partial charge on any atom is 0.460 e. The maximum absolute atomic E-state index is 12.3. The van der Waals surface area contributed by atoms with Crippen LogP contribution in [-0.2, 0) is 15.0 Å². The summed E-state index contributed by atoms with van der Waals surface area (Å²) in [5.41, 5.74) is 1.09. The van der Waals surface area contributed by atoms with E-state index in [-0.39, 0.29) is 5.69 Å². The van der Waals surface area contributed by atoms with Gasteiger partial charge in [0.05, 0.1) is 16.7 Å². The van der Waals surface area contributed by atoms with Crippen molar-refractivity contribution in [2.75, 3.05) is 11.9 Å². The number of Topliss-reactive ketones (excluding diaryl/α,β-unsaturated/α-hetero) is 1. The molecule has 2 aromatic carbocycles. The molecule has 0 radical (unpaired) electrons. The van der Waals surface area contributed by atoms with Crippen molar-refractivity contribution >= 4 is 40.6 Å². The molecule has 9 heteroatoms. The highest BCUT2D eigenvalue weighted by atomic mass is 35.5. The summed E-state index contributed by atoms with van der Waals surface area (Å²) in [6.45, 7) is 6.40. The van der Waals surface area contributed by atoms with E-state index in [0.29, 0.717) is 22.4 Å². The highest BCUT2D eigenvalue weighted by Crippen LogP contribution is 2.40. The van der Waals surface area contributed by atoms with Gasteiger partial charge in [-0.15, -0.1) is 0 Å². The van der Waals surface area contributed by atoms with Gasteiger partial charge in [0.15, 0.2) is 5.75 Å². The summed E-state index contributed by atoms with van der Waals surface area (Å²) in [6.07, 6.45) is -3.38. The molecule has 31 heavy (non-hydrogen) atoms. The molecular formula is C22H22Cl2F3NO3. The molecule has 0 aliphatic heterocycles. The zero-order valence-corrected chi connectivity index (χ0v) is 18.7. The third kappa shape index (κ3) is 6.14. The number of rotatable bonds is 8. The summed E-state index contributed by atoms with van der Waals surface area (Å²) in [5, 5.41) is 2.70. The number of carbonyl (C=O) groups excluding carboxylic acids is 2. The third-order valence-corrected chi connectivity index (χ3v) is 5.35. The third-order valence-electron chi connectivity index (χ3n) is 4.79. The molecule has 0 aliphatic rings. The number of nitrogens with one attached hydrogen (secondary N) is 1. The number of hydrogen-bond acceptors (Lipinski definition) is 3. The molecule has 2 aromatic rings. The Kier molecular flexibility index (Phi) is 8.00. The molecule has 168 valence electrons. The number of carbonyl (C=O) groups is 2. The zero-order chi connectivity index (χ0) is 23.4. The molecule has 0 bridgehead atoms. The van der Waals surface area contributed by atoms with Gasteiger partial charge >= 0.3 is 17.9 Å². The molecule has 0 heterocycles. The molecule has 0 fully saturated rings. The molecule has 0 saturated carbocycles. The second kappa shape index (κ2) is 9.92. The van der Waals surface area contributed by atoms with Crippen molar-refractivity contribution in [1.82, 2.24) is 0 Å². The van der Waals surface area contributed by atoms with E-state index in [1.165, 1.54) is 12.1 Å². The van der Waals surface area contributed by atoms with Crippen LogP contribution in [0.25, 0.3) is 0 Å². The average Bonchev–Trinajstić information content (AvgIpc) is 2.69. The molecule has 1 N–H and O–H groups in total. The summed E-state index contributed by atoms with van der Waals surface area (Å²) in [6, 6.07) is 9.63. The minimum absolute atomic E-state index is 0.0675. The van der Waals surface area contributed by atoms with Crippen molar-refractivity contribution < 1.29 is 27.5 Å². The highest BCUT2D eigenvalue weighted by molar-refractivity contribution is 6.42. The fraction of sp³-hybridized carbons (Fsp3) is 0.364. The van der Waals surface area contributed by atoms with E-state index in [0.717, 1.165) is 24.0 Å². The van der Waals surface area contributed by atoms with Gasteiger partial charge in [0, 0.05) is 11.1 Å². The maximum atomic E-state index is 12.3. The van der Waals surface area contributed by atoms with Crippen molar-refractivity contribution in [2.24, 2.45) is 0 Å². The van der Waals surface area contributed by atoms with Gasteiger partial charge in [-0.3, -0.25) is 9.59 Å². The van der Waals surface area contributed by atoms with E-state index < -0.39 is 23.3 Å². The van der Waals surface area contributed by atoms with Crippen LogP contribution in [0.15, 0.2) is 36.4 Å². The first-order chi connectivity index (χ1) is 14.4. The van der Waals surface area contributed by atoms with Crippen molar-refractivity contribution in [2.45, 2.75) is 45.2 Å². The smallest absolute Gasteiger partial charge is 0.460 e. The number of amides is 1. The van der Waals surface area contributed by atoms with Gasteiger partial charge in [-0.1, -0.05) is 62.5 Å². The van der Waals surface area contributed by atoms with Crippen LogP contribution in [0.4, 0.5) is 18.9 Å². The van der Waals surface area contributed by atoms with E-state index in [1.807, 2.05) is 26.1 Å². The van der Waals surface area contributed by atoms with Crippen LogP contribution < -0.4 is 10.1 Å². The van der Waals surface area contributed by atoms with Gasteiger partial charge in [0.1, 0.15) is 0 Å². The minimum Gasteiger partial charge on any atom is -0.490 e. The van der Waals surface area contributed by atoms with Crippen LogP contribution in [-0.4, -0.2) is 24.5 Å². The first-order valence-corrected chi connectivity index (χ1v) is 10.3. The second-order valence-corrected chi connectivity index (χ2v) is 8.27. The number of alkyl halides is 3. The van der Waals surface area contributed by atoms with E-state index in [2.05, 4.69) is 0 Å². The Morgan fingerprint density at radius 3 is 2.03 bits per heavy atom. The van der Waals surface area contributed by atoms with Crippen LogP contribution >= 0.6 is 23.2 Å². The topological polar surface area (TPSA) is 55.4 Å². The summed E-state index contributed by atoms with van der Waals surface area (Å²) >= 11 is 12.8. The highest BCUT2D eigenvalue weighted by Gasteiger charge is 2.43. The Morgan fingerprint density at radius 1 is 1.00 bits per heavy atom. The van der Waals surface area contributed by atoms with Gasteiger partial charge in [-0.25, -0.2) is 0 Å². The van der Waals surface area contributed by atoms with Gasteiger partial charge in [0.25, 0.3) is 0 Å². The Morgan fingerprint density at radius 2 is 1.55 bits per heavy atom. The molecular weight excluding hydrogens is 454 g/mol. The molecule has 0 aliphatic carbocycles. The number of ether oxygens (including phenoxy) is 1. The molecule has 2 rings (SSSR count). The Balaban J connectivity index is 2.22. The van der Waals surface area contributed by atoms with E-state index in [9.17, 15) is 22.8 Å². The Labute approximate surface area is 188 Å². The van der Waals surface area contributed by atoms with Crippen LogP contribution in [0.1, 0.15) is 44.7 Å². The standard InChI is InChI=1S/C22H22Cl2F3NO3/c1-4-5-10-31-18-16(23)11-14(12-17(18)24)21(2,3)13-6-8-15(9-7-13)28-20(30)19(29)22(25,26)27/h6-9,11-12H,4-5,10H2,1-3H3,(H,28,30). The Hall–Kier alpha value is -2.25. The first kappa shape index (κ1) is 25.0. The number of benzene rings is 2. The largest absolute Gasteiger partial charge is 0.490 e. The van der Waals surface area contributed by atoms with Crippen LogP contribution in [0.5, 0.6) is 5.75 Å². The first-order valence-electron chi connectivity index (χ1n) is 9.53. The monoisotopic (exact) mass is 475 g/mol. The van der Waals surface area contributed by atoms with Crippen molar-refractivity contribution in [3.8, 4) is 5.75 Å². The van der Waals surface area contributed by atoms with Crippen molar-refractivity contribution in [3.05, 3.63) is 57.6 Å². The van der Waals surface area contributed by atoms with Gasteiger partial charge in [-0.2, -0.15) is 13.2 Å². The molecule has 0 unspecified atom stereocenters. The van der Waals surface area contributed by atoms with Gasteiger partial charge in [0.2, 0.25) is 0 Å². The normalized spacial score (nSPS) is 11.9.